The van der Waals surface area contributed by atoms with E-state index in [-0.39, 0.29) is 35.5 Å². The van der Waals surface area contributed by atoms with Gasteiger partial charge in [0.1, 0.15) is 6.10 Å². The maximum atomic E-state index is 5.62. The normalized spacial score (nSPS) is 30.9. The van der Waals surface area contributed by atoms with Gasteiger partial charge in [-0.05, 0) is 13.3 Å². The number of ether oxygens (including phenoxy) is 3. The van der Waals surface area contributed by atoms with Gasteiger partial charge >= 0.3 is 0 Å². The van der Waals surface area contributed by atoms with Gasteiger partial charge in [-0.25, -0.2) is 0 Å². The fourth-order valence-electron chi connectivity index (χ4n) is 2.85. The molecular formula is C15H30IN3O3. The van der Waals surface area contributed by atoms with Crippen molar-refractivity contribution in [2.24, 2.45) is 10.4 Å². The van der Waals surface area contributed by atoms with Crippen LogP contribution in [0.2, 0.25) is 0 Å². The van der Waals surface area contributed by atoms with E-state index in [1.807, 2.05) is 0 Å². The second-order valence-corrected chi connectivity index (χ2v) is 6.27. The van der Waals surface area contributed by atoms with Crippen LogP contribution in [0.4, 0.5) is 0 Å². The van der Waals surface area contributed by atoms with Crippen molar-refractivity contribution in [1.29, 1.82) is 0 Å². The van der Waals surface area contributed by atoms with E-state index in [0.717, 1.165) is 18.9 Å². The molecule has 0 amide bonds. The smallest absolute Gasteiger partial charge is 0.191 e. The molecule has 6 nitrogen and oxygen atoms in total. The summed E-state index contributed by atoms with van der Waals surface area (Å²) in [6.07, 6.45) is 1.39. The van der Waals surface area contributed by atoms with Crippen LogP contribution >= 0.6 is 24.0 Å². The van der Waals surface area contributed by atoms with E-state index in [1.165, 1.54) is 0 Å². The van der Waals surface area contributed by atoms with Gasteiger partial charge in [0.05, 0.1) is 32.5 Å². The Balaban J connectivity index is 0.00000242. The van der Waals surface area contributed by atoms with E-state index in [0.29, 0.717) is 38.5 Å². The van der Waals surface area contributed by atoms with Crippen LogP contribution in [0.15, 0.2) is 4.99 Å². The van der Waals surface area contributed by atoms with Crippen LogP contribution in [0.1, 0.15) is 27.2 Å². The van der Waals surface area contributed by atoms with Gasteiger partial charge in [-0.2, -0.15) is 0 Å². The summed E-state index contributed by atoms with van der Waals surface area (Å²) >= 11 is 0. The molecule has 1 saturated carbocycles. The van der Waals surface area contributed by atoms with Crippen LogP contribution in [0.25, 0.3) is 0 Å². The molecule has 1 aliphatic carbocycles. The number of nitrogens with one attached hydrogen (secondary N) is 2. The third kappa shape index (κ3) is 4.94. The molecule has 22 heavy (non-hydrogen) atoms. The van der Waals surface area contributed by atoms with Crippen molar-refractivity contribution in [2.45, 2.75) is 45.4 Å². The van der Waals surface area contributed by atoms with Crippen LogP contribution in [0.3, 0.4) is 0 Å². The van der Waals surface area contributed by atoms with Crippen LogP contribution in [0, 0.1) is 5.41 Å². The Hall–Kier alpha value is -0.120. The molecule has 0 spiro atoms. The molecule has 3 unspecified atom stereocenters. The highest BCUT2D eigenvalue weighted by Gasteiger charge is 2.48. The van der Waals surface area contributed by atoms with Gasteiger partial charge in [-0.3, -0.25) is 4.99 Å². The molecule has 2 N–H and O–H groups in total. The average Bonchev–Trinajstić information content (AvgIpc) is 2.49. The van der Waals surface area contributed by atoms with Gasteiger partial charge in [0, 0.05) is 25.1 Å². The number of rotatable bonds is 5. The number of guanidine groups is 1. The third-order valence-electron chi connectivity index (χ3n) is 4.46. The number of nitrogens with zero attached hydrogens (tertiary/aromatic N) is 1. The van der Waals surface area contributed by atoms with Crippen molar-refractivity contribution in [1.82, 2.24) is 10.6 Å². The van der Waals surface area contributed by atoms with Gasteiger partial charge in [0.15, 0.2) is 5.96 Å². The van der Waals surface area contributed by atoms with Crippen LogP contribution in [-0.2, 0) is 14.2 Å². The summed E-state index contributed by atoms with van der Waals surface area (Å²) in [5.74, 6) is 0.847. The highest BCUT2D eigenvalue weighted by Crippen LogP contribution is 2.42. The molecular weight excluding hydrogens is 397 g/mol. The second-order valence-electron chi connectivity index (χ2n) is 6.27. The number of halogens is 1. The molecule has 0 bridgehead atoms. The van der Waals surface area contributed by atoms with E-state index in [2.05, 4.69) is 36.4 Å². The monoisotopic (exact) mass is 427 g/mol. The van der Waals surface area contributed by atoms with Gasteiger partial charge in [-0.1, -0.05) is 13.8 Å². The first-order chi connectivity index (χ1) is 10.1. The molecule has 0 aromatic carbocycles. The van der Waals surface area contributed by atoms with E-state index in [1.54, 1.807) is 7.11 Å². The standard InChI is InChI=1S/C15H29N3O3.HI/c1-5-16-14(17-9-11-10-20-6-7-21-11)18-12-8-13(19-4)15(12,2)3;/h11-13H,5-10H2,1-4H3,(H2,16,17,18);1H. The zero-order chi connectivity index (χ0) is 15.3. The summed E-state index contributed by atoms with van der Waals surface area (Å²) in [5.41, 5.74) is 0.120. The first kappa shape index (κ1) is 19.9. The van der Waals surface area contributed by atoms with Gasteiger partial charge < -0.3 is 24.8 Å². The average molecular weight is 427 g/mol. The molecule has 3 atom stereocenters. The lowest BCUT2D eigenvalue weighted by Crippen LogP contribution is -2.63. The highest BCUT2D eigenvalue weighted by molar-refractivity contribution is 14.0. The fourth-order valence-corrected chi connectivity index (χ4v) is 2.85. The van der Waals surface area contributed by atoms with E-state index in [4.69, 9.17) is 14.2 Å². The fraction of sp³-hybridized carbons (Fsp3) is 0.933. The number of methoxy groups -OCH3 is 1. The minimum absolute atomic E-state index is 0. The zero-order valence-electron chi connectivity index (χ0n) is 14.1. The number of hydrogen-bond donors (Lipinski definition) is 2. The summed E-state index contributed by atoms with van der Waals surface area (Å²) < 4.78 is 16.5. The summed E-state index contributed by atoms with van der Waals surface area (Å²) in [6.45, 7) is 9.96. The Morgan fingerprint density at radius 3 is 2.68 bits per heavy atom. The largest absolute Gasteiger partial charge is 0.381 e. The Bertz CT molecular complexity index is 360. The molecule has 1 heterocycles. The molecule has 1 aliphatic heterocycles. The van der Waals surface area contributed by atoms with Crippen molar-refractivity contribution in [3.8, 4) is 0 Å². The lowest BCUT2D eigenvalue weighted by Gasteiger charge is -2.51. The molecule has 2 fully saturated rings. The Morgan fingerprint density at radius 2 is 2.14 bits per heavy atom. The first-order valence-corrected chi connectivity index (χ1v) is 7.85. The molecule has 1 saturated heterocycles. The predicted molar refractivity (Wildman–Crippen MR) is 98.1 cm³/mol. The van der Waals surface area contributed by atoms with E-state index in [9.17, 15) is 0 Å². The maximum Gasteiger partial charge on any atom is 0.191 e. The van der Waals surface area contributed by atoms with Crippen molar-refractivity contribution >= 4 is 29.9 Å². The minimum atomic E-state index is 0. The van der Waals surface area contributed by atoms with Crippen LogP contribution < -0.4 is 10.6 Å². The summed E-state index contributed by atoms with van der Waals surface area (Å²) in [5, 5.41) is 6.80. The predicted octanol–water partition coefficient (Wildman–Crippen LogP) is 1.39. The molecule has 2 rings (SSSR count). The van der Waals surface area contributed by atoms with Gasteiger partial charge in [0.25, 0.3) is 0 Å². The molecule has 130 valence electrons. The Labute approximate surface area is 150 Å². The lowest BCUT2D eigenvalue weighted by atomic mass is 9.64. The molecule has 7 heteroatoms. The third-order valence-corrected chi connectivity index (χ3v) is 4.46. The number of hydrogen-bond acceptors (Lipinski definition) is 4. The van der Waals surface area contributed by atoms with Gasteiger partial charge in [-0.15, -0.1) is 24.0 Å². The quantitative estimate of drug-likeness (QED) is 0.395. The molecule has 0 aromatic heterocycles. The van der Waals surface area contributed by atoms with Crippen molar-refractivity contribution in [2.75, 3.05) is 40.0 Å². The molecule has 0 aromatic rings. The van der Waals surface area contributed by atoms with E-state index < -0.39 is 0 Å². The summed E-state index contributed by atoms with van der Waals surface area (Å²) in [6, 6.07) is 0.378. The Morgan fingerprint density at radius 1 is 1.36 bits per heavy atom. The van der Waals surface area contributed by atoms with E-state index >= 15 is 0 Å². The van der Waals surface area contributed by atoms with Crippen molar-refractivity contribution < 1.29 is 14.2 Å². The number of aliphatic imine (C=N–C) groups is 1. The topological polar surface area (TPSA) is 64.1 Å². The van der Waals surface area contributed by atoms with Gasteiger partial charge in [0.2, 0.25) is 0 Å². The second kappa shape index (κ2) is 9.24. The minimum Gasteiger partial charge on any atom is -0.381 e. The Kier molecular flexibility index (Phi) is 8.37. The van der Waals surface area contributed by atoms with Crippen molar-refractivity contribution in [3.05, 3.63) is 0 Å². The maximum absolute atomic E-state index is 5.62. The lowest BCUT2D eigenvalue weighted by molar-refractivity contribution is -0.0925. The van der Waals surface area contributed by atoms with Crippen molar-refractivity contribution in [3.63, 3.8) is 0 Å². The summed E-state index contributed by atoms with van der Waals surface area (Å²) in [4.78, 5) is 4.62. The molecule has 2 aliphatic rings. The molecule has 0 radical (unpaired) electrons. The SMILES string of the molecule is CCNC(=NCC1COCCO1)NC1CC(OC)C1(C)C.I. The van der Waals surface area contributed by atoms with Crippen LogP contribution in [-0.4, -0.2) is 64.2 Å². The zero-order valence-corrected chi connectivity index (χ0v) is 16.4. The van der Waals surface area contributed by atoms with Crippen LogP contribution in [0.5, 0.6) is 0 Å². The first-order valence-electron chi connectivity index (χ1n) is 7.85. The summed E-state index contributed by atoms with van der Waals surface area (Å²) in [7, 11) is 1.78. The highest BCUT2D eigenvalue weighted by atomic mass is 127.